The molecule has 1 aliphatic heterocycles. The largest absolute Gasteiger partial charge is 0.478 e. The highest BCUT2D eigenvalue weighted by atomic mass is 16.5. The molecule has 2 aliphatic rings. The Morgan fingerprint density at radius 1 is 0.971 bits per heavy atom. The third kappa shape index (κ3) is 4.25. The third-order valence-electron chi connectivity index (χ3n) is 6.83. The van der Waals surface area contributed by atoms with Crippen LogP contribution < -0.4 is 5.32 Å². The van der Waals surface area contributed by atoms with Gasteiger partial charge in [0.15, 0.2) is 0 Å². The summed E-state index contributed by atoms with van der Waals surface area (Å²) in [4.78, 5) is 38.7. The molecule has 2 N–H and O–H groups in total. The number of carboxylic acids is 1. The molecule has 1 atom stereocenters. The van der Waals surface area contributed by atoms with Gasteiger partial charge in [-0.05, 0) is 51.9 Å². The summed E-state index contributed by atoms with van der Waals surface area (Å²) in [6.45, 7) is 2.71. The Kier molecular flexibility index (Phi) is 5.99. The molecule has 0 aromatic heterocycles. The molecule has 2 amide bonds. The number of nitrogens with zero attached hydrogens (tertiary/aromatic N) is 1. The molecule has 0 saturated carbocycles. The number of carboxylic acid groups (broad SMARTS) is 1. The molecular weight excluding hydrogens is 444 g/mol. The van der Waals surface area contributed by atoms with E-state index in [-0.39, 0.29) is 24.0 Å². The first kappa shape index (κ1) is 22.7. The van der Waals surface area contributed by atoms with Gasteiger partial charge in [-0.1, -0.05) is 61.5 Å². The maximum absolute atomic E-state index is 13.1. The molecule has 3 aromatic rings. The second kappa shape index (κ2) is 9.25. The molecule has 35 heavy (non-hydrogen) atoms. The summed E-state index contributed by atoms with van der Waals surface area (Å²) in [5, 5.41) is 11.9. The zero-order chi connectivity index (χ0) is 24.5. The van der Waals surface area contributed by atoms with Crippen molar-refractivity contribution in [2.45, 2.75) is 38.4 Å². The fourth-order valence-electron chi connectivity index (χ4n) is 5.02. The Labute approximate surface area is 203 Å². The smallest absolute Gasteiger partial charge is 0.407 e. The van der Waals surface area contributed by atoms with Crippen LogP contribution in [0, 0.1) is 0 Å². The number of amides is 2. The van der Waals surface area contributed by atoms with Crippen molar-refractivity contribution in [3.8, 4) is 11.1 Å². The van der Waals surface area contributed by atoms with E-state index in [0.717, 1.165) is 33.4 Å². The summed E-state index contributed by atoms with van der Waals surface area (Å²) in [6.07, 6.45) is -0.215. The first-order chi connectivity index (χ1) is 17.0. The van der Waals surface area contributed by atoms with Crippen LogP contribution in [0.1, 0.15) is 51.9 Å². The van der Waals surface area contributed by atoms with E-state index in [9.17, 15) is 19.5 Å². The molecule has 7 nitrogen and oxygen atoms in total. The number of rotatable bonds is 6. The van der Waals surface area contributed by atoms with Crippen LogP contribution in [0.4, 0.5) is 4.79 Å². The van der Waals surface area contributed by atoms with Crippen molar-refractivity contribution in [1.82, 2.24) is 10.2 Å². The highest BCUT2D eigenvalue weighted by molar-refractivity contribution is 5.89. The molecule has 5 rings (SSSR count). The van der Waals surface area contributed by atoms with Crippen molar-refractivity contribution >= 4 is 18.0 Å². The molecule has 178 valence electrons. The Hall–Kier alpha value is -4.13. The zero-order valence-electron chi connectivity index (χ0n) is 19.4. The minimum absolute atomic E-state index is 0.0551. The highest BCUT2D eigenvalue weighted by Gasteiger charge is 2.32. The summed E-state index contributed by atoms with van der Waals surface area (Å²) >= 11 is 0. The van der Waals surface area contributed by atoms with Gasteiger partial charge in [0.1, 0.15) is 12.6 Å². The average molecular weight is 471 g/mol. The summed E-state index contributed by atoms with van der Waals surface area (Å²) in [5.74, 6) is -1.27. The standard InChI is InChI=1S/C28H26N2O5/c1-2-25(26(31)30-14-18-12-11-17(27(32)33)13-19(18)15-30)29-28(34)35-16-24-22-9-5-3-7-20(22)21-8-4-6-10-23(21)24/h3-13,24-25H,2,14-16H2,1H3,(H,29,34)(H,32,33)/t25-/m1/s1. The molecular formula is C28H26N2O5. The number of hydrogen-bond donors (Lipinski definition) is 2. The molecule has 0 spiro atoms. The van der Waals surface area contributed by atoms with Crippen LogP contribution in [0.5, 0.6) is 0 Å². The maximum Gasteiger partial charge on any atom is 0.407 e. The molecule has 0 fully saturated rings. The molecule has 7 heteroatoms. The van der Waals surface area contributed by atoms with Crippen molar-refractivity contribution < 1.29 is 24.2 Å². The van der Waals surface area contributed by atoms with E-state index in [2.05, 4.69) is 29.6 Å². The predicted molar refractivity (Wildman–Crippen MR) is 130 cm³/mol. The normalized spacial score (nSPS) is 14.6. The van der Waals surface area contributed by atoms with Crippen LogP contribution in [0.3, 0.4) is 0 Å². The van der Waals surface area contributed by atoms with Crippen LogP contribution in [-0.2, 0) is 22.6 Å². The van der Waals surface area contributed by atoms with E-state index < -0.39 is 18.1 Å². The van der Waals surface area contributed by atoms with Crippen LogP contribution in [-0.4, -0.2) is 40.6 Å². The summed E-state index contributed by atoms with van der Waals surface area (Å²) in [5.41, 5.74) is 6.48. The van der Waals surface area contributed by atoms with Crippen molar-refractivity contribution in [3.63, 3.8) is 0 Å². The minimum atomic E-state index is -0.999. The number of carbonyl (C=O) groups is 3. The van der Waals surface area contributed by atoms with E-state index in [1.54, 1.807) is 23.1 Å². The fraction of sp³-hybridized carbons (Fsp3) is 0.250. The van der Waals surface area contributed by atoms with Gasteiger partial charge in [0.05, 0.1) is 5.56 Å². The number of hydrogen-bond acceptors (Lipinski definition) is 4. The Morgan fingerprint density at radius 2 is 1.60 bits per heavy atom. The van der Waals surface area contributed by atoms with Gasteiger partial charge in [-0.2, -0.15) is 0 Å². The van der Waals surface area contributed by atoms with Crippen LogP contribution in [0.25, 0.3) is 11.1 Å². The van der Waals surface area contributed by atoms with Crippen LogP contribution in [0.2, 0.25) is 0 Å². The minimum Gasteiger partial charge on any atom is -0.478 e. The van der Waals surface area contributed by atoms with Gasteiger partial charge in [0.2, 0.25) is 5.91 Å². The maximum atomic E-state index is 13.1. The lowest BCUT2D eigenvalue weighted by atomic mass is 9.98. The summed E-state index contributed by atoms with van der Waals surface area (Å²) < 4.78 is 5.60. The van der Waals surface area contributed by atoms with Gasteiger partial charge in [0, 0.05) is 19.0 Å². The summed E-state index contributed by atoms with van der Waals surface area (Å²) in [7, 11) is 0. The molecule has 1 heterocycles. The lowest BCUT2D eigenvalue weighted by Gasteiger charge is -2.23. The average Bonchev–Trinajstić information content (AvgIpc) is 3.44. The molecule has 1 aliphatic carbocycles. The second-order valence-electron chi connectivity index (χ2n) is 8.91. The number of carbonyl (C=O) groups excluding carboxylic acids is 2. The predicted octanol–water partition coefficient (Wildman–Crippen LogP) is 4.54. The Balaban J connectivity index is 1.22. The quantitative estimate of drug-likeness (QED) is 0.551. The van der Waals surface area contributed by atoms with Crippen LogP contribution >= 0.6 is 0 Å². The van der Waals surface area contributed by atoms with Gasteiger partial charge in [-0.25, -0.2) is 9.59 Å². The topological polar surface area (TPSA) is 95.9 Å². The van der Waals surface area contributed by atoms with Crippen molar-refractivity contribution in [1.29, 1.82) is 0 Å². The molecule has 0 unspecified atom stereocenters. The van der Waals surface area contributed by atoms with Crippen molar-refractivity contribution in [3.05, 3.63) is 94.5 Å². The third-order valence-corrected chi connectivity index (χ3v) is 6.83. The Morgan fingerprint density at radius 3 is 2.23 bits per heavy atom. The van der Waals surface area contributed by atoms with Crippen molar-refractivity contribution in [2.24, 2.45) is 0 Å². The zero-order valence-corrected chi connectivity index (χ0v) is 19.4. The van der Waals surface area contributed by atoms with E-state index in [4.69, 9.17) is 4.74 Å². The lowest BCUT2D eigenvalue weighted by Crippen LogP contribution is -2.47. The number of fused-ring (bicyclic) bond motifs is 4. The lowest BCUT2D eigenvalue weighted by molar-refractivity contribution is -0.134. The second-order valence-corrected chi connectivity index (χ2v) is 8.91. The monoisotopic (exact) mass is 470 g/mol. The highest BCUT2D eigenvalue weighted by Crippen LogP contribution is 2.44. The number of benzene rings is 3. The van der Waals surface area contributed by atoms with E-state index in [1.807, 2.05) is 31.2 Å². The van der Waals surface area contributed by atoms with E-state index in [1.165, 1.54) is 0 Å². The van der Waals surface area contributed by atoms with Gasteiger partial charge < -0.3 is 20.1 Å². The van der Waals surface area contributed by atoms with Crippen molar-refractivity contribution in [2.75, 3.05) is 6.61 Å². The van der Waals surface area contributed by atoms with Gasteiger partial charge in [0.25, 0.3) is 0 Å². The van der Waals surface area contributed by atoms with Crippen LogP contribution in [0.15, 0.2) is 66.7 Å². The number of nitrogens with one attached hydrogen (secondary N) is 1. The van der Waals surface area contributed by atoms with Gasteiger partial charge >= 0.3 is 12.1 Å². The number of ether oxygens (including phenoxy) is 1. The van der Waals surface area contributed by atoms with E-state index in [0.29, 0.717) is 19.5 Å². The first-order valence-corrected chi connectivity index (χ1v) is 11.7. The first-order valence-electron chi connectivity index (χ1n) is 11.7. The molecule has 0 saturated heterocycles. The fourth-order valence-corrected chi connectivity index (χ4v) is 5.02. The SMILES string of the molecule is CC[C@@H](NC(=O)OCC1c2ccccc2-c2ccccc21)C(=O)N1Cc2ccc(C(=O)O)cc2C1. The molecule has 0 bridgehead atoms. The molecule has 3 aromatic carbocycles. The van der Waals surface area contributed by atoms with Gasteiger partial charge in [-0.3, -0.25) is 4.79 Å². The number of alkyl carbamates (subject to hydrolysis) is 1. The number of aromatic carboxylic acids is 1. The van der Waals surface area contributed by atoms with Gasteiger partial charge in [-0.15, -0.1) is 0 Å². The summed E-state index contributed by atoms with van der Waals surface area (Å²) in [6, 6.07) is 20.4. The Bertz CT molecular complexity index is 1270. The molecule has 0 radical (unpaired) electrons. The van der Waals surface area contributed by atoms with E-state index >= 15 is 0 Å².